The van der Waals surface area contributed by atoms with Gasteiger partial charge in [0.1, 0.15) is 11.9 Å². The van der Waals surface area contributed by atoms with Gasteiger partial charge in [-0.15, -0.1) is 0 Å². The van der Waals surface area contributed by atoms with Gasteiger partial charge in [0, 0.05) is 11.9 Å². The van der Waals surface area contributed by atoms with Crippen LogP contribution < -0.4 is 14.4 Å². The van der Waals surface area contributed by atoms with Crippen molar-refractivity contribution >= 4 is 16.7 Å². The van der Waals surface area contributed by atoms with Gasteiger partial charge in [-0.2, -0.15) is 9.97 Å². The zero-order valence-electron chi connectivity index (χ0n) is 14.1. The van der Waals surface area contributed by atoms with Crippen molar-refractivity contribution in [1.82, 2.24) is 15.0 Å². The van der Waals surface area contributed by atoms with Gasteiger partial charge < -0.3 is 14.4 Å². The van der Waals surface area contributed by atoms with Crippen molar-refractivity contribution in [2.75, 3.05) is 25.1 Å². The molecule has 6 heteroatoms. The molecule has 0 amide bonds. The van der Waals surface area contributed by atoms with E-state index in [2.05, 4.69) is 33.1 Å². The number of nitrogens with zero attached hydrogens (tertiary/aromatic N) is 4. The molecule has 25 heavy (non-hydrogen) atoms. The van der Waals surface area contributed by atoms with E-state index in [1.54, 1.807) is 19.5 Å². The summed E-state index contributed by atoms with van der Waals surface area (Å²) in [4.78, 5) is 15.4. The fraction of sp³-hybridized carbons (Fsp3) is 0.316. The molecule has 0 saturated carbocycles. The third-order valence-electron chi connectivity index (χ3n) is 4.40. The number of pyridine rings is 1. The summed E-state index contributed by atoms with van der Waals surface area (Å²) in [5.74, 6) is 1.61. The SMILES string of the molecule is COc1cnc(OC2CCCN(c3ccc4ccccc4n3)C2)nc1. The van der Waals surface area contributed by atoms with E-state index in [4.69, 9.17) is 14.5 Å². The molecule has 1 unspecified atom stereocenters. The van der Waals surface area contributed by atoms with Crippen LogP contribution in [0.4, 0.5) is 5.82 Å². The Morgan fingerprint density at radius 1 is 1.08 bits per heavy atom. The van der Waals surface area contributed by atoms with E-state index in [9.17, 15) is 0 Å². The minimum absolute atomic E-state index is 0.0513. The Morgan fingerprint density at radius 2 is 1.92 bits per heavy atom. The van der Waals surface area contributed by atoms with E-state index in [0.717, 1.165) is 42.7 Å². The maximum Gasteiger partial charge on any atom is 0.316 e. The predicted octanol–water partition coefficient (Wildman–Crippen LogP) is 3.08. The van der Waals surface area contributed by atoms with Crippen LogP contribution in [0.25, 0.3) is 10.9 Å². The number of piperidine rings is 1. The summed E-state index contributed by atoms with van der Waals surface area (Å²) >= 11 is 0. The maximum absolute atomic E-state index is 5.95. The number of aromatic nitrogens is 3. The second-order valence-electron chi connectivity index (χ2n) is 6.10. The molecule has 1 aliphatic heterocycles. The topological polar surface area (TPSA) is 60.4 Å². The van der Waals surface area contributed by atoms with Crippen LogP contribution >= 0.6 is 0 Å². The van der Waals surface area contributed by atoms with Crippen LogP contribution in [0.1, 0.15) is 12.8 Å². The zero-order valence-corrected chi connectivity index (χ0v) is 14.1. The first-order valence-electron chi connectivity index (χ1n) is 8.45. The van der Waals surface area contributed by atoms with Gasteiger partial charge in [0.15, 0.2) is 5.75 Å². The Hall–Kier alpha value is -2.89. The van der Waals surface area contributed by atoms with Crippen LogP contribution in [0.3, 0.4) is 0 Å². The Morgan fingerprint density at radius 3 is 2.76 bits per heavy atom. The van der Waals surface area contributed by atoms with Crippen LogP contribution in [0.15, 0.2) is 48.8 Å². The first kappa shape index (κ1) is 15.6. The van der Waals surface area contributed by atoms with Crippen molar-refractivity contribution in [1.29, 1.82) is 0 Å². The number of hydrogen-bond acceptors (Lipinski definition) is 6. The highest BCUT2D eigenvalue weighted by Crippen LogP contribution is 2.23. The molecule has 0 aliphatic carbocycles. The molecule has 1 aromatic carbocycles. The molecule has 3 heterocycles. The van der Waals surface area contributed by atoms with Gasteiger partial charge in [0.2, 0.25) is 0 Å². The molecule has 128 valence electrons. The van der Waals surface area contributed by atoms with Crippen LogP contribution in [0.5, 0.6) is 11.8 Å². The minimum atomic E-state index is 0.0513. The molecular weight excluding hydrogens is 316 g/mol. The number of benzene rings is 1. The predicted molar refractivity (Wildman–Crippen MR) is 96.2 cm³/mol. The summed E-state index contributed by atoms with van der Waals surface area (Å²) in [5, 5.41) is 1.16. The Kier molecular flexibility index (Phi) is 4.33. The van der Waals surface area contributed by atoms with Gasteiger partial charge in [-0.05, 0) is 31.0 Å². The monoisotopic (exact) mass is 336 g/mol. The molecule has 3 aromatic rings. The summed E-state index contributed by atoms with van der Waals surface area (Å²) in [6.45, 7) is 1.76. The van der Waals surface area contributed by atoms with Crippen LogP contribution in [-0.2, 0) is 0 Å². The van der Waals surface area contributed by atoms with Crippen LogP contribution in [0.2, 0.25) is 0 Å². The summed E-state index contributed by atoms with van der Waals surface area (Å²) in [6.07, 6.45) is 5.33. The molecule has 6 nitrogen and oxygen atoms in total. The van der Waals surface area contributed by atoms with Crippen molar-refractivity contribution in [2.45, 2.75) is 18.9 Å². The lowest BCUT2D eigenvalue weighted by atomic mass is 10.1. The van der Waals surface area contributed by atoms with Gasteiger partial charge in [-0.3, -0.25) is 0 Å². The lowest BCUT2D eigenvalue weighted by molar-refractivity contribution is 0.164. The van der Waals surface area contributed by atoms with Crippen molar-refractivity contribution in [2.24, 2.45) is 0 Å². The second-order valence-corrected chi connectivity index (χ2v) is 6.10. The number of hydrogen-bond donors (Lipinski definition) is 0. The van der Waals surface area contributed by atoms with Crippen molar-refractivity contribution in [3.63, 3.8) is 0 Å². The molecule has 1 fully saturated rings. The molecule has 1 saturated heterocycles. The Labute approximate surface area is 146 Å². The van der Waals surface area contributed by atoms with Crippen molar-refractivity contribution in [3.05, 3.63) is 48.8 Å². The summed E-state index contributed by atoms with van der Waals surface area (Å²) in [6, 6.07) is 12.8. The molecule has 0 spiro atoms. The average molecular weight is 336 g/mol. The van der Waals surface area contributed by atoms with Gasteiger partial charge >= 0.3 is 6.01 Å². The van der Waals surface area contributed by atoms with E-state index >= 15 is 0 Å². The third-order valence-corrected chi connectivity index (χ3v) is 4.40. The maximum atomic E-state index is 5.95. The highest BCUT2D eigenvalue weighted by Gasteiger charge is 2.23. The summed E-state index contributed by atoms with van der Waals surface area (Å²) in [7, 11) is 1.59. The standard InChI is InChI=1S/C19H20N4O2/c1-24-16-11-20-19(21-12-16)25-15-6-4-10-23(13-15)18-9-8-14-5-2-3-7-17(14)22-18/h2-3,5,7-9,11-12,15H,4,6,10,13H2,1H3. The van der Waals surface area contributed by atoms with Crippen LogP contribution in [-0.4, -0.2) is 41.3 Å². The summed E-state index contributed by atoms with van der Waals surface area (Å²) in [5.41, 5.74) is 1.02. The van der Waals surface area contributed by atoms with Gasteiger partial charge in [0.25, 0.3) is 0 Å². The molecule has 0 bridgehead atoms. The normalized spacial score (nSPS) is 17.5. The largest absolute Gasteiger partial charge is 0.494 e. The number of anilines is 1. The Balaban J connectivity index is 1.47. The smallest absolute Gasteiger partial charge is 0.316 e. The first-order valence-corrected chi connectivity index (χ1v) is 8.45. The van der Waals surface area contributed by atoms with E-state index in [1.165, 1.54) is 0 Å². The minimum Gasteiger partial charge on any atom is -0.494 e. The highest BCUT2D eigenvalue weighted by atomic mass is 16.5. The number of ether oxygens (including phenoxy) is 2. The number of rotatable bonds is 4. The van der Waals surface area contributed by atoms with Crippen molar-refractivity contribution in [3.8, 4) is 11.8 Å². The van der Waals surface area contributed by atoms with E-state index in [-0.39, 0.29) is 6.10 Å². The molecule has 0 N–H and O–H groups in total. The lowest BCUT2D eigenvalue weighted by Gasteiger charge is -2.33. The van der Waals surface area contributed by atoms with E-state index in [1.807, 2.05) is 18.2 Å². The number of para-hydroxylation sites is 1. The van der Waals surface area contributed by atoms with Gasteiger partial charge in [0.05, 0.1) is 31.6 Å². The van der Waals surface area contributed by atoms with E-state index < -0.39 is 0 Å². The summed E-state index contributed by atoms with van der Waals surface area (Å²) < 4.78 is 11.0. The third kappa shape index (κ3) is 3.47. The van der Waals surface area contributed by atoms with Crippen LogP contribution in [0, 0.1) is 0 Å². The molecule has 2 aromatic heterocycles. The quantitative estimate of drug-likeness (QED) is 0.730. The Bertz CT molecular complexity index is 853. The number of fused-ring (bicyclic) bond motifs is 1. The van der Waals surface area contributed by atoms with Gasteiger partial charge in [-0.1, -0.05) is 18.2 Å². The zero-order chi connectivity index (χ0) is 17.1. The molecular formula is C19H20N4O2. The first-order chi connectivity index (χ1) is 12.3. The van der Waals surface area contributed by atoms with E-state index in [0.29, 0.717) is 11.8 Å². The van der Waals surface area contributed by atoms with Crippen molar-refractivity contribution < 1.29 is 9.47 Å². The molecule has 1 atom stereocenters. The highest BCUT2D eigenvalue weighted by molar-refractivity contribution is 5.80. The number of methoxy groups -OCH3 is 1. The second kappa shape index (κ2) is 6.93. The molecule has 1 aliphatic rings. The van der Waals surface area contributed by atoms with Gasteiger partial charge in [-0.25, -0.2) is 4.98 Å². The average Bonchev–Trinajstić information content (AvgIpc) is 2.68. The fourth-order valence-corrected chi connectivity index (χ4v) is 3.09. The fourth-order valence-electron chi connectivity index (χ4n) is 3.09. The lowest BCUT2D eigenvalue weighted by Crippen LogP contribution is -2.41. The molecule has 0 radical (unpaired) electrons. The molecule has 4 rings (SSSR count).